The van der Waals surface area contributed by atoms with Crippen LogP contribution in [0.5, 0.6) is 0 Å². The van der Waals surface area contributed by atoms with Crippen LogP contribution in [0.4, 0.5) is 11.8 Å². The molecule has 0 aliphatic carbocycles. The van der Waals surface area contributed by atoms with Gasteiger partial charge in [-0.25, -0.2) is 4.98 Å². The predicted octanol–water partition coefficient (Wildman–Crippen LogP) is 4.95. The van der Waals surface area contributed by atoms with Gasteiger partial charge in [-0.15, -0.1) is 11.3 Å². The second-order valence-corrected chi connectivity index (χ2v) is 8.33. The lowest BCUT2D eigenvalue weighted by atomic mass is 10.1. The highest BCUT2D eigenvalue weighted by molar-refractivity contribution is 7.18. The van der Waals surface area contributed by atoms with Crippen molar-refractivity contribution in [2.24, 2.45) is 5.10 Å². The van der Waals surface area contributed by atoms with Crippen molar-refractivity contribution in [1.82, 2.24) is 9.97 Å². The second-order valence-electron chi connectivity index (χ2n) is 7.45. The molecule has 1 aliphatic heterocycles. The lowest BCUT2D eigenvalue weighted by Gasteiger charge is -2.27. The fourth-order valence-electron chi connectivity index (χ4n) is 3.63. The maximum atomic E-state index is 5.51. The smallest absolute Gasteiger partial charge is 0.228 e. The van der Waals surface area contributed by atoms with Crippen LogP contribution in [-0.4, -0.2) is 42.5 Å². The van der Waals surface area contributed by atoms with E-state index in [1.54, 1.807) is 11.3 Å². The largest absolute Gasteiger partial charge is 0.378 e. The van der Waals surface area contributed by atoms with Crippen molar-refractivity contribution in [2.75, 3.05) is 36.6 Å². The minimum atomic E-state index is 0.685. The van der Waals surface area contributed by atoms with Crippen LogP contribution >= 0.6 is 11.3 Å². The molecule has 0 spiro atoms. The van der Waals surface area contributed by atoms with Gasteiger partial charge in [0.2, 0.25) is 5.95 Å². The van der Waals surface area contributed by atoms with Crippen molar-refractivity contribution < 1.29 is 4.74 Å². The van der Waals surface area contributed by atoms with Crippen molar-refractivity contribution in [3.05, 3.63) is 71.1 Å². The van der Waals surface area contributed by atoms with Gasteiger partial charge in [-0.05, 0) is 18.1 Å². The Morgan fingerprint density at radius 1 is 1.06 bits per heavy atom. The Hall–Kier alpha value is -3.29. The number of nitrogens with zero attached hydrogens (tertiary/aromatic N) is 4. The molecule has 0 saturated carbocycles. The van der Waals surface area contributed by atoms with Crippen molar-refractivity contribution in [2.45, 2.75) is 6.92 Å². The van der Waals surface area contributed by atoms with Gasteiger partial charge in [0.15, 0.2) is 5.82 Å². The average molecular weight is 430 g/mol. The third-order valence-electron chi connectivity index (χ3n) is 5.21. The molecule has 0 radical (unpaired) electrons. The first kappa shape index (κ1) is 19.7. The van der Waals surface area contributed by atoms with Crippen molar-refractivity contribution in [1.29, 1.82) is 0 Å². The molecular weight excluding hydrogens is 406 g/mol. The summed E-state index contributed by atoms with van der Waals surface area (Å²) in [4.78, 5) is 11.9. The van der Waals surface area contributed by atoms with Gasteiger partial charge in [0.25, 0.3) is 0 Å². The fourth-order valence-corrected chi connectivity index (χ4v) is 4.58. The van der Waals surface area contributed by atoms with E-state index in [0.29, 0.717) is 19.2 Å². The summed E-state index contributed by atoms with van der Waals surface area (Å²) in [7, 11) is 0. The highest BCUT2D eigenvalue weighted by Crippen LogP contribution is 2.37. The molecule has 1 fully saturated rings. The molecule has 2 aromatic carbocycles. The summed E-state index contributed by atoms with van der Waals surface area (Å²) in [5.41, 5.74) is 8.62. The standard InChI is InChI=1S/C24H23N5OS/c1-17-6-5-7-18(14-17)15-25-28-23-22-21(20(16-31-22)19-8-3-2-4-9-19)26-24(27-23)29-10-12-30-13-11-29/h2-9,14-16H,10-13H2,1H3,(H,26,27,28)/b25-15+. The molecule has 0 unspecified atom stereocenters. The Balaban J connectivity index is 1.54. The van der Waals surface area contributed by atoms with E-state index in [2.05, 4.69) is 52.0 Å². The van der Waals surface area contributed by atoms with Gasteiger partial charge in [-0.2, -0.15) is 10.1 Å². The molecule has 2 aromatic heterocycles. The topological polar surface area (TPSA) is 62.6 Å². The Bertz CT molecular complexity index is 1220. The van der Waals surface area contributed by atoms with Gasteiger partial charge in [0.05, 0.1) is 29.6 Å². The molecular formula is C24H23N5OS. The van der Waals surface area contributed by atoms with Gasteiger partial charge in [-0.3, -0.25) is 5.43 Å². The molecule has 3 heterocycles. The molecule has 1 saturated heterocycles. The summed E-state index contributed by atoms with van der Waals surface area (Å²) in [6.07, 6.45) is 1.82. The summed E-state index contributed by atoms with van der Waals surface area (Å²) < 4.78 is 6.50. The van der Waals surface area contributed by atoms with Gasteiger partial charge in [0.1, 0.15) is 0 Å². The number of fused-ring (bicyclic) bond motifs is 1. The van der Waals surface area contributed by atoms with Crippen LogP contribution in [0.3, 0.4) is 0 Å². The monoisotopic (exact) mass is 429 g/mol. The molecule has 1 aliphatic rings. The second kappa shape index (κ2) is 8.83. The van der Waals surface area contributed by atoms with E-state index in [1.165, 1.54) is 5.56 Å². The van der Waals surface area contributed by atoms with Crippen molar-refractivity contribution in [3.63, 3.8) is 0 Å². The number of benzene rings is 2. The fraction of sp³-hybridized carbons (Fsp3) is 0.208. The lowest BCUT2D eigenvalue weighted by Crippen LogP contribution is -2.37. The Kier molecular flexibility index (Phi) is 5.60. The molecule has 1 N–H and O–H groups in total. The molecule has 6 nitrogen and oxygen atoms in total. The normalized spacial score (nSPS) is 14.4. The highest BCUT2D eigenvalue weighted by atomic mass is 32.1. The Morgan fingerprint density at radius 2 is 1.90 bits per heavy atom. The van der Waals surface area contributed by atoms with Crippen LogP contribution in [-0.2, 0) is 4.74 Å². The summed E-state index contributed by atoms with van der Waals surface area (Å²) in [6.45, 7) is 5.00. The molecule has 4 aromatic rings. The zero-order chi connectivity index (χ0) is 21.0. The molecule has 0 atom stereocenters. The van der Waals surface area contributed by atoms with Crippen LogP contribution in [0.15, 0.2) is 65.1 Å². The number of ether oxygens (including phenoxy) is 1. The Labute approximate surface area is 185 Å². The number of hydrogen-bond acceptors (Lipinski definition) is 7. The first-order chi connectivity index (χ1) is 15.3. The van der Waals surface area contributed by atoms with Crippen LogP contribution in [0.25, 0.3) is 21.3 Å². The molecule has 31 heavy (non-hydrogen) atoms. The van der Waals surface area contributed by atoms with E-state index in [4.69, 9.17) is 14.7 Å². The number of anilines is 2. The average Bonchev–Trinajstić information content (AvgIpc) is 3.24. The molecule has 156 valence electrons. The summed E-state index contributed by atoms with van der Waals surface area (Å²) in [5.74, 6) is 1.43. The number of rotatable bonds is 5. The first-order valence-electron chi connectivity index (χ1n) is 10.3. The summed E-state index contributed by atoms with van der Waals surface area (Å²) in [6, 6.07) is 18.6. The number of morpholine rings is 1. The van der Waals surface area contributed by atoms with Crippen LogP contribution < -0.4 is 10.3 Å². The van der Waals surface area contributed by atoms with E-state index in [1.807, 2.05) is 36.5 Å². The molecule has 0 amide bonds. The maximum absolute atomic E-state index is 5.51. The minimum Gasteiger partial charge on any atom is -0.378 e. The molecule has 5 rings (SSSR count). The van der Waals surface area contributed by atoms with E-state index >= 15 is 0 Å². The summed E-state index contributed by atoms with van der Waals surface area (Å²) in [5, 5.41) is 6.62. The van der Waals surface area contributed by atoms with E-state index in [0.717, 1.165) is 45.8 Å². The van der Waals surface area contributed by atoms with E-state index in [-0.39, 0.29) is 0 Å². The van der Waals surface area contributed by atoms with Gasteiger partial charge in [-0.1, -0.05) is 60.2 Å². The highest BCUT2D eigenvalue weighted by Gasteiger charge is 2.19. The number of nitrogens with one attached hydrogen (secondary N) is 1. The quantitative estimate of drug-likeness (QED) is 0.359. The minimum absolute atomic E-state index is 0.685. The number of thiophene rings is 1. The van der Waals surface area contributed by atoms with Crippen molar-refractivity contribution in [3.8, 4) is 11.1 Å². The van der Waals surface area contributed by atoms with Crippen molar-refractivity contribution >= 4 is 39.5 Å². The van der Waals surface area contributed by atoms with Gasteiger partial charge < -0.3 is 9.64 Å². The third-order valence-corrected chi connectivity index (χ3v) is 6.18. The Morgan fingerprint density at radius 3 is 2.71 bits per heavy atom. The third kappa shape index (κ3) is 4.28. The van der Waals surface area contributed by atoms with Gasteiger partial charge in [0, 0.05) is 24.0 Å². The zero-order valence-corrected chi connectivity index (χ0v) is 18.1. The number of hydrogen-bond donors (Lipinski definition) is 1. The molecule has 7 heteroatoms. The zero-order valence-electron chi connectivity index (χ0n) is 17.3. The van der Waals surface area contributed by atoms with Crippen LogP contribution in [0.2, 0.25) is 0 Å². The maximum Gasteiger partial charge on any atom is 0.228 e. The predicted molar refractivity (Wildman–Crippen MR) is 128 cm³/mol. The van der Waals surface area contributed by atoms with Gasteiger partial charge >= 0.3 is 0 Å². The van der Waals surface area contributed by atoms with E-state index in [9.17, 15) is 0 Å². The number of aryl methyl sites for hydroxylation is 1. The molecule has 0 bridgehead atoms. The SMILES string of the molecule is Cc1cccc(/C=N/Nc2nc(N3CCOCC3)nc3c(-c4ccccc4)csc23)c1. The van der Waals surface area contributed by atoms with Crippen LogP contribution in [0.1, 0.15) is 11.1 Å². The van der Waals surface area contributed by atoms with Crippen LogP contribution in [0, 0.1) is 6.92 Å². The number of hydrazone groups is 1. The first-order valence-corrected chi connectivity index (χ1v) is 11.2. The van der Waals surface area contributed by atoms with E-state index < -0.39 is 0 Å². The summed E-state index contributed by atoms with van der Waals surface area (Å²) >= 11 is 1.63. The number of aromatic nitrogens is 2. The lowest BCUT2D eigenvalue weighted by molar-refractivity contribution is 0.122.